The zero-order valence-electron chi connectivity index (χ0n) is 7.08. The number of pyridine rings is 1. The highest BCUT2D eigenvalue weighted by Gasteiger charge is 2.14. The van der Waals surface area contributed by atoms with E-state index in [9.17, 15) is 4.79 Å². The summed E-state index contributed by atoms with van der Waals surface area (Å²) in [6, 6.07) is 2.17. The number of hydrogen-bond donors (Lipinski definition) is 2. The summed E-state index contributed by atoms with van der Waals surface area (Å²) in [5.74, 6) is -1.07. The summed E-state index contributed by atoms with van der Waals surface area (Å²) in [6.45, 7) is 0. The lowest BCUT2D eigenvalue weighted by Crippen LogP contribution is -2.32. The lowest BCUT2D eigenvalue weighted by atomic mass is 10.1. The van der Waals surface area contributed by atoms with Gasteiger partial charge in [-0.15, -0.1) is 0 Å². The minimum Gasteiger partial charge on any atom is -0.480 e. The van der Waals surface area contributed by atoms with Crippen molar-refractivity contribution in [1.82, 2.24) is 4.98 Å². The van der Waals surface area contributed by atoms with Gasteiger partial charge in [0, 0.05) is 6.42 Å². The Hall–Kier alpha value is -0.840. The lowest BCUT2D eigenvalue weighted by Gasteiger charge is -2.07. The van der Waals surface area contributed by atoms with Crippen LogP contribution >= 0.6 is 23.2 Å². The van der Waals surface area contributed by atoms with Crippen LogP contribution in [-0.2, 0) is 11.2 Å². The van der Waals surface area contributed by atoms with Gasteiger partial charge in [0.2, 0.25) is 0 Å². The predicted molar refractivity (Wildman–Crippen MR) is 53.6 cm³/mol. The molecule has 0 aliphatic heterocycles. The van der Waals surface area contributed by atoms with Crippen LogP contribution in [0, 0.1) is 0 Å². The van der Waals surface area contributed by atoms with Crippen LogP contribution < -0.4 is 5.73 Å². The van der Waals surface area contributed by atoms with E-state index in [4.69, 9.17) is 34.0 Å². The largest absolute Gasteiger partial charge is 0.480 e. The minimum atomic E-state index is -1.07. The Labute approximate surface area is 90.6 Å². The molecule has 0 aliphatic carbocycles. The summed E-state index contributed by atoms with van der Waals surface area (Å²) in [5.41, 5.74) is 5.91. The number of rotatable bonds is 3. The van der Waals surface area contributed by atoms with Gasteiger partial charge in [-0.25, -0.2) is 4.98 Å². The number of carboxylic acids is 1. The number of carboxylic acid groups (broad SMARTS) is 1. The number of carbonyl (C=O) groups is 1. The first-order valence-corrected chi connectivity index (χ1v) is 4.55. The number of aliphatic carboxylic acids is 1. The molecule has 0 radical (unpaired) electrons. The Bertz CT molecular complexity index is 357. The average Bonchev–Trinajstić information content (AvgIpc) is 2.09. The first-order valence-electron chi connectivity index (χ1n) is 3.80. The van der Waals surface area contributed by atoms with Gasteiger partial charge in [0.25, 0.3) is 0 Å². The molecule has 1 heterocycles. The Morgan fingerprint density at radius 3 is 2.71 bits per heavy atom. The van der Waals surface area contributed by atoms with Crippen molar-refractivity contribution in [2.24, 2.45) is 5.73 Å². The van der Waals surface area contributed by atoms with Crippen LogP contribution in [0.5, 0.6) is 0 Å². The van der Waals surface area contributed by atoms with E-state index in [2.05, 4.69) is 4.98 Å². The van der Waals surface area contributed by atoms with E-state index in [0.717, 1.165) is 0 Å². The zero-order chi connectivity index (χ0) is 10.7. The Kier molecular flexibility index (Phi) is 3.69. The van der Waals surface area contributed by atoms with Crippen LogP contribution in [0.4, 0.5) is 0 Å². The predicted octanol–water partition coefficient (Wildman–Crippen LogP) is 1.34. The van der Waals surface area contributed by atoms with Crippen molar-refractivity contribution in [3.8, 4) is 0 Å². The summed E-state index contributed by atoms with van der Waals surface area (Å²) < 4.78 is 0. The molecule has 0 aromatic carbocycles. The van der Waals surface area contributed by atoms with Gasteiger partial charge >= 0.3 is 5.97 Å². The van der Waals surface area contributed by atoms with Crippen molar-refractivity contribution >= 4 is 29.2 Å². The molecule has 0 aliphatic rings. The monoisotopic (exact) mass is 234 g/mol. The molecule has 4 nitrogen and oxygen atoms in total. The van der Waals surface area contributed by atoms with E-state index < -0.39 is 12.0 Å². The SMILES string of the molecule is NC(Cc1ccc(Cl)nc1Cl)C(=O)O. The number of halogens is 2. The van der Waals surface area contributed by atoms with Crippen molar-refractivity contribution in [3.05, 3.63) is 28.0 Å². The van der Waals surface area contributed by atoms with Gasteiger partial charge in [-0.2, -0.15) is 0 Å². The maximum atomic E-state index is 10.5. The molecular formula is C8H8Cl2N2O2. The second-order valence-corrected chi connectivity index (χ2v) is 3.48. The fraction of sp³-hybridized carbons (Fsp3) is 0.250. The first-order chi connectivity index (χ1) is 6.50. The number of nitrogens with zero attached hydrogens (tertiary/aromatic N) is 1. The molecule has 14 heavy (non-hydrogen) atoms. The molecule has 1 aromatic heterocycles. The van der Waals surface area contributed by atoms with E-state index in [1.54, 1.807) is 6.07 Å². The van der Waals surface area contributed by atoms with E-state index >= 15 is 0 Å². The Balaban J connectivity index is 2.82. The highest BCUT2D eigenvalue weighted by molar-refractivity contribution is 6.32. The molecule has 0 saturated heterocycles. The average molecular weight is 235 g/mol. The molecule has 0 saturated carbocycles. The van der Waals surface area contributed by atoms with E-state index in [1.165, 1.54) is 6.07 Å². The minimum absolute atomic E-state index is 0.137. The second kappa shape index (κ2) is 4.59. The molecule has 0 amide bonds. The summed E-state index contributed by atoms with van der Waals surface area (Å²) in [5, 5.41) is 9.03. The highest BCUT2D eigenvalue weighted by atomic mass is 35.5. The van der Waals surface area contributed by atoms with E-state index in [0.29, 0.717) is 5.56 Å². The third kappa shape index (κ3) is 2.83. The molecule has 6 heteroatoms. The van der Waals surface area contributed by atoms with Crippen molar-refractivity contribution in [2.45, 2.75) is 12.5 Å². The summed E-state index contributed by atoms with van der Waals surface area (Å²) >= 11 is 11.3. The molecular weight excluding hydrogens is 227 g/mol. The van der Waals surface area contributed by atoms with Crippen molar-refractivity contribution in [3.63, 3.8) is 0 Å². The zero-order valence-corrected chi connectivity index (χ0v) is 8.59. The number of nitrogens with two attached hydrogens (primary N) is 1. The van der Waals surface area contributed by atoms with E-state index in [1.807, 2.05) is 0 Å². The van der Waals surface area contributed by atoms with Crippen molar-refractivity contribution in [2.75, 3.05) is 0 Å². The van der Waals surface area contributed by atoms with Gasteiger partial charge < -0.3 is 10.8 Å². The number of aromatic nitrogens is 1. The lowest BCUT2D eigenvalue weighted by molar-refractivity contribution is -0.138. The molecule has 1 unspecified atom stereocenters. The summed E-state index contributed by atoms with van der Waals surface area (Å²) in [7, 11) is 0. The topological polar surface area (TPSA) is 76.2 Å². The summed E-state index contributed by atoms with van der Waals surface area (Å²) in [4.78, 5) is 14.2. The second-order valence-electron chi connectivity index (χ2n) is 2.73. The Morgan fingerprint density at radius 1 is 1.57 bits per heavy atom. The van der Waals surface area contributed by atoms with Crippen LogP contribution in [0.1, 0.15) is 5.56 Å². The van der Waals surface area contributed by atoms with Crippen LogP contribution in [0.15, 0.2) is 12.1 Å². The van der Waals surface area contributed by atoms with Crippen LogP contribution in [0.2, 0.25) is 10.3 Å². The Morgan fingerprint density at radius 2 is 2.21 bits per heavy atom. The maximum absolute atomic E-state index is 10.5. The van der Waals surface area contributed by atoms with Gasteiger partial charge in [0.1, 0.15) is 16.3 Å². The van der Waals surface area contributed by atoms with Crippen LogP contribution in [-0.4, -0.2) is 22.1 Å². The maximum Gasteiger partial charge on any atom is 0.320 e. The van der Waals surface area contributed by atoms with Gasteiger partial charge in [0.15, 0.2) is 0 Å². The molecule has 1 rings (SSSR count). The third-order valence-corrected chi connectivity index (χ3v) is 2.19. The van der Waals surface area contributed by atoms with Gasteiger partial charge in [-0.1, -0.05) is 29.3 Å². The van der Waals surface area contributed by atoms with Crippen molar-refractivity contribution < 1.29 is 9.90 Å². The normalized spacial score (nSPS) is 12.5. The van der Waals surface area contributed by atoms with Gasteiger partial charge in [0.05, 0.1) is 0 Å². The molecule has 0 fully saturated rings. The standard InChI is InChI=1S/C8H8Cl2N2O2/c9-6-2-1-4(7(10)12-6)3-5(11)8(13)14/h1-2,5H,3,11H2,(H,13,14). The quantitative estimate of drug-likeness (QED) is 0.775. The third-order valence-electron chi connectivity index (χ3n) is 1.65. The van der Waals surface area contributed by atoms with Crippen LogP contribution in [0.3, 0.4) is 0 Å². The molecule has 0 bridgehead atoms. The fourth-order valence-electron chi connectivity index (χ4n) is 0.917. The van der Waals surface area contributed by atoms with Crippen LogP contribution in [0.25, 0.3) is 0 Å². The first kappa shape index (κ1) is 11.2. The molecule has 1 aromatic rings. The van der Waals surface area contributed by atoms with E-state index in [-0.39, 0.29) is 16.7 Å². The smallest absolute Gasteiger partial charge is 0.320 e. The van der Waals surface area contributed by atoms with Gasteiger partial charge in [-0.05, 0) is 11.6 Å². The molecule has 76 valence electrons. The summed E-state index contributed by atoms with van der Waals surface area (Å²) in [6.07, 6.45) is 0.137. The number of hydrogen-bond acceptors (Lipinski definition) is 3. The van der Waals surface area contributed by atoms with Crippen molar-refractivity contribution in [1.29, 1.82) is 0 Å². The fourth-order valence-corrected chi connectivity index (χ4v) is 1.34. The molecule has 3 N–H and O–H groups in total. The molecule has 0 spiro atoms. The molecule has 1 atom stereocenters. The highest BCUT2D eigenvalue weighted by Crippen LogP contribution is 2.17. The van der Waals surface area contributed by atoms with Gasteiger partial charge in [-0.3, -0.25) is 4.79 Å².